The molecule has 6 nitrogen and oxygen atoms in total. The highest BCUT2D eigenvalue weighted by molar-refractivity contribution is 6.32. The maximum absolute atomic E-state index is 11.7. The van der Waals surface area contributed by atoms with E-state index in [1.165, 1.54) is 24.9 Å². The van der Waals surface area contributed by atoms with Crippen molar-refractivity contribution in [3.63, 3.8) is 0 Å². The molecule has 1 amide bonds. The van der Waals surface area contributed by atoms with Crippen LogP contribution in [0.4, 0.5) is 0 Å². The summed E-state index contributed by atoms with van der Waals surface area (Å²) in [6.45, 7) is 0. The molecule has 0 radical (unpaired) electrons. The van der Waals surface area contributed by atoms with Gasteiger partial charge in [0.1, 0.15) is 5.69 Å². The molecule has 0 saturated heterocycles. The molecule has 0 aliphatic carbocycles. The Bertz CT molecular complexity index is 582. The fourth-order valence-corrected chi connectivity index (χ4v) is 1.65. The minimum Gasteiger partial charge on any atom is -0.480 e. The van der Waals surface area contributed by atoms with Crippen LogP contribution in [0.2, 0.25) is 5.02 Å². The summed E-state index contributed by atoms with van der Waals surface area (Å²) in [5.41, 5.74) is 0.301. The fraction of sp³-hybridized carbons (Fsp3) is 0.182. The zero-order chi connectivity index (χ0) is 13.1. The minimum absolute atomic E-state index is 0.299. The molecule has 0 fully saturated rings. The Labute approximate surface area is 109 Å². The van der Waals surface area contributed by atoms with Crippen molar-refractivity contribution >= 4 is 17.5 Å². The summed E-state index contributed by atoms with van der Waals surface area (Å²) >= 11 is 6.04. The van der Waals surface area contributed by atoms with Crippen molar-refractivity contribution in [2.75, 3.05) is 14.2 Å². The van der Waals surface area contributed by atoms with Gasteiger partial charge in [0.15, 0.2) is 5.82 Å². The first kappa shape index (κ1) is 12.4. The molecule has 0 unspecified atom stereocenters. The van der Waals surface area contributed by atoms with E-state index >= 15 is 0 Å². The minimum atomic E-state index is -0.299. The van der Waals surface area contributed by atoms with Gasteiger partial charge in [0.2, 0.25) is 5.88 Å². The van der Waals surface area contributed by atoms with Gasteiger partial charge in [-0.15, -0.1) is 5.10 Å². The van der Waals surface area contributed by atoms with Crippen LogP contribution < -0.4 is 10.1 Å². The van der Waals surface area contributed by atoms with Gasteiger partial charge >= 0.3 is 0 Å². The van der Waals surface area contributed by atoms with E-state index in [2.05, 4.69) is 15.4 Å². The molecule has 94 valence electrons. The molecule has 0 atom stereocenters. The molecular weight excluding hydrogens is 256 g/mol. The molecule has 0 aliphatic rings. The lowest BCUT2D eigenvalue weighted by Gasteiger charge is -2.06. The summed E-state index contributed by atoms with van der Waals surface area (Å²) in [6, 6.07) is 4.89. The highest BCUT2D eigenvalue weighted by Gasteiger charge is 2.18. The Morgan fingerprint density at radius 2 is 2.33 bits per heavy atom. The predicted octanol–water partition coefficient (Wildman–Crippen LogP) is 1.29. The third-order valence-corrected chi connectivity index (χ3v) is 2.59. The van der Waals surface area contributed by atoms with Gasteiger partial charge in [0, 0.05) is 19.3 Å². The Balaban J connectivity index is 2.59. The number of nitrogens with one attached hydrogen (secondary N) is 1. The van der Waals surface area contributed by atoms with Gasteiger partial charge in [-0.05, 0) is 12.1 Å². The lowest BCUT2D eigenvalue weighted by Crippen LogP contribution is -2.22. The molecule has 0 bridgehead atoms. The molecule has 0 spiro atoms. The van der Waals surface area contributed by atoms with Crippen LogP contribution in [-0.2, 0) is 0 Å². The number of nitrogens with zero attached hydrogens (tertiary/aromatic N) is 3. The largest absolute Gasteiger partial charge is 0.480 e. The van der Waals surface area contributed by atoms with Gasteiger partial charge in [-0.2, -0.15) is 0 Å². The Hall–Kier alpha value is -2.08. The van der Waals surface area contributed by atoms with E-state index in [1.807, 2.05) is 0 Å². The number of aromatic nitrogens is 3. The van der Waals surface area contributed by atoms with Crippen LogP contribution in [0.25, 0.3) is 5.82 Å². The molecule has 2 rings (SSSR count). The summed E-state index contributed by atoms with van der Waals surface area (Å²) in [7, 11) is 3.01. The number of amides is 1. The van der Waals surface area contributed by atoms with E-state index in [9.17, 15) is 4.79 Å². The summed E-state index contributed by atoms with van der Waals surface area (Å²) in [5, 5.41) is 7.03. The monoisotopic (exact) mass is 266 g/mol. The molecule has 18 heavy (non-hydrogen) atoms. The summed E-state index contributed by atoms with van der Waals surface area (Å²) in [6.07, 6.45) is 1.57. The number of hydrogen-bond acceptors (Lipinski definition) is 4. The van der Waals surface area contributed by atoms with Gasteiger partial charge in [-0.1, -0.05) is 11.6 Å². The Kier molecular flexibility index (Phi) is 3.47. The third-order valence-electron chi connectivity index (χ3n) is 2.30. The van der Waals surface area contributed by atoms with Gasteiger partial charge in [0.05, 0.1) is 12.1 Å². The van der Waals surface area contributed by atoms with E-state index in [4.69, 9.17) is 16.3 Å². The zero-order valence-electron chi connectivity index (χ0n) is 9.85. The predicted molar refractivity (Wildman–Crippen MR) is 66.3 cm³/mol. The average Bonchev–Trinajstić information content (AvgIpc) is 2.82. The number of methoxy groups -OCH3 is 1. The van der Waals surface area contributed by atoms with Crippen molar-refractivity contribution in [1.82, 2.24) is 20.1 Å². The molecular formula is C11H11ClN4O2. The molecule has 7 heteroatoms. The summed E-state index contributed by atoms with van der Waals surface area (Å²) in [5.74, 6) is 0.393. The number of carbonyl (C=O) groups is 1. The van der Waals surface area contributed by atoms with Gasteiger partial charge in [-0.25, -0.2) is 9.67 Å². The molecule has 2 aromatic rings. The van der Waals surface area contributed by atoms with Crippen LogP contribution in [-0.4, -0.2) is 34.8 Å². The van der Waals surface area contributed by atoms with Crippen LogP contribution in [0.15, 0.2) is 24.4 Å². The second kappa shape index (κ2) is 5.05. The van der Waals surface area contributed by atoms with Crippen LogP contribution in [0.3, 0.4) is 0 Å². The van der Waals surface area contributed by atoms with Crippen LogP contribution in [0.1, 0.15) is 10.5 Å². The third kappa shape index (κ3) is 2.14. The number of pyridine rings is 1. The Morgan fingerprint density at radius 1 is 1.56 bits per heavy atom. The van der Waals surface area contributed by atoms with E-state index < -0.39 is 0 Å². The van der Waals surface area contributed by atoms with E-state index in [0.717, 1.165) is 0 Å². The van der Waals surface area contributed by atoms with Crippen LogP contribution in [0, 0.1) is 0 Å². The quantitative estimate of drug-likeness (QED) is 0.909. The van der Waals surface area contributed by atoms with Gasteiger partial charge in [0.25, 0.3) is 5.91 Å². The number of hydrogen-bond donors (Lipinski definition) is 1. The number of rotatable bonds is 3. The van der Waals surface area contributed by atoms with E-state index in [-0.39, 0.29) is 5.91 Å². The second-order valence-electron chi connectivity index (χ2n) is 3.37. The van der Waals surface area contributed by atoms with Crippen molar-refractivity contribution in [3.05, 3.63) is 35.1 Å². The van der Waals surface area contributed by atoms with Gasteiger partial charge in [-0.3, -0.25) is 4.79 Å². The van der Waals surface area contributed by atoms with Crippen molar-refractivity contribution in [1.29, 1.82) is 0 Å². The SMILES string of the molecule is CNC(=O)c1cc(OC)nn1-c1ncccc1Cl. The number of carbonyl (C=O) groups excluding carboxylic acids is 1. The van der Waals surface area contributed by atoms with Crippen LogP contribution in [0.5, 0.6) is 5.88 Å². The maximum atomic E-state index is 11.7. The molecule has 0 aromatic carbocycles. The second-order valence-corrected chi connectivity index (χ2v) is 3.78. The zero-order valence-corrected chi connectivity index (χ0v) is 10.6. The smallest absolute Gasteiger partial charge is 0.269 e. The van der Waals surface area contributed by atoms with Crippen molar-refractivity contribution < 1.29 is 9.53 Å². The summed E-state index contributed by atoms with van der Waals surface area (Å²) in [4.78, 5) is 15.9. The molecule has 0 saturated carbocycles. The lowest BCUT2D eigenvalue weighted by molar-refractivity contribution is 0.0955. The normalized spacial score (nSPS) is 10.2. The number of ether oxygens (including phenoxy) is 1. The highest BCUT2D eigenvalue weighted by atomic mass is 35.5. The van der Waals surface area contributed by atoms with E-state index in [0.29, 0.717) is 22.4 Å². The lowest BCUT2D eigenvalue weighted by atomic mass is 10.4. The highest BCUT2D eigenvalue weighted by Crippen LogP contribution is 2.21. The first-order chi connectivity index (χ1) is 8.67. The first-order valence-electron chi connectivity index (χ1n) is 5.14. The first-order valence-corrected chi connectivity index (χ1v) is 5.52. The topological polar surface area (TPSA) is 69.0 Å². The molecule has 2 heterocycles. The van der Waals surface area contributed by atoms with Crippen molar-refractivity contribution in [2.24, 2.45) is 0 Å². The molecule has 1 N–H and O–H groups in total. The van der Waals surface area contributed by atoms with Gasteiger partial charge < -0.3 is 10.1 Å². The van der Waals surface area contributed by atoms with Crippen molar-refractivity contribution in [2.45, 2.75) is 0 Å². The van der Waals surface area contributed by atoms with Crippen molar-refractivity contribution in [3.8, 4) is 11.7 Å². The molecule has 0 aliphatic heterocycles. The standard InChI is InChI=1S/C11H11ClN4O2/c1-13-11(17)8-6-9(18-2)15-16(8)10-7(12)4-3-5-14-10/h3-6H,1-2H3,(H,13,17). The van der Waals surface area contributed by atoms with E-state index in [1.54, 1.807) is 18.3 Å². The fourth-order valence-electron chi connectivity index (χ4n) is 1.44. The van der Waals surface area contributed by atoms with Crippen LogP contribution >= 0.6 is 11.6 Å². The average molecular weight is 267 g/mol. The maximum Gasteiger partial charge on any atom is 0.269 e. The molecule has 2 aromatic heterocycles. The Morgan fingerprint density at radius 3 is 2.94 bits per heavy atom. The summed E-state index contributed by atoms with van der Waals surface area (Å²) < 4.78 is 6.36. The number of halogens is 1.